The van der Waals surface area contributed by atoms with Crippen molar-refractivity contribution >= 4 is 17.6 Å². The second kappa shape index (κ2) is 7.20. The fraction of sp³-hybridized carbons (Fsp3) is 0.250. The van der Waals surface area contributed by atoms with E-state index in [9.17, 15) is 4.79 Å². The summed E-state index contributed by atoms with van der Waals surface area (Å²) in [6, 6.07) is 11.4. The molecule has 110 valence electrons. The molecule has 5 heteroatoms. The smallest absolute Gasteiger partial charge is 0.339 e. The molecule has 0 saturated carbocycles. The molecule has 2 aromatic rings. The number of benzene rings is 1. The van der Waals surface area contributed by atoms with E-state index in [0.717, 1.165) is 16.3 Å². The van der Waals surface area contributed by atoms with Gasteiger partial charge in [0.15, 0.2) is 0 Å². The largest absolute Gasteiger partial charge is 0.465 e. The summed E-state index contributed by atoms with van der Waals surface area (Å²) in [4.78, 5) is 15.6. The maximum absolute atomic E-state index is 11.3. The number of rotatable bonds is 5. The van der Waals surface area contributed by atoms with Crippen LogP contribution in [0, 0.1) is 0 Å². The molecule has 0 aliphatic rings. The molecular formula is C16H17ClN2O2. The lowest BCUT2D eigenvalue weighted by molar-refractivity contribution is 0.0600. The van der Waals surface area contributed by atoms with Gasteiger partial charge < -0.3 is 10.1 Å². The first-order valence-corrected chi connectivity index (χ1v) is 7.00. The maximum Gasteiger partial charge on any atom is 0.339 e. The number of hydrogen-bond donors (Lipinski definition) is 1. The Bertz CT molecular complexity index is 597. The average molecular weight is 305 g/mol. The fourth-order valence-electron chi connectivity index (χ4n) is 1.89. The van der Waals surface area contributed by atoms with Gasteiger partial charge in [0.2, 0.25) is 0 Å². The molecule has 0 amide bonds. The van der Waals surface area contributed by atoms with Crippen molar-refractivity contribution in [1.82, 2.24) is 10.3 Å². The molecule has 1 aromatic heterocycles. The van der Waals surface area contributed by atoms with Crippen LogP contribution in [0.25, 0.3) is 0 Å². The van der Waals surface area contributed by atoms with Gasteiger partial charge in [0.1, 0.15) is 0 Å². The van der Waals surface area contributed by atoms with Crippen LogP contribution in [0.5, 0.6) is 0 Å². The highest BCUT2D eigenvalue weighted by molar-refractivity contribution is 6.30. The van der Waals surface area contributed by atoms with E-state index in [1.807, 2.05) is 30.3 Å². The Morgan fingerprint density at radius 3 is 2.57 bits per heavy atom. The number of halogens is 1. The number of carbonyl (C=O) groups excluding carboxylic acids is 1. The number of methoxy groups -OCH3 is 1. The Kier molecular flexibility index (Phi) is 5.31. The topological polar surface area (TPSA) is 51.2 Å². The van der Waals surface area contributed by atoms with Gasteiger partial charge >= 0.3 is 5.97 Å². The van der Waals surface area contributed by atoms with E-state index in [0.29, 0.717) is 12.1 Å². The lowest BCUT2D eigenvalue weighted by atomic mass is 10.1. The number of esters is 1. The molecule has 0 aliphatic heterocycles. The molecule has 0 aliphatic carbocycles. The zero-order chi connectivity index (χ0) is 15.2. The third-order valence-electron chi connectivity index (χ3n) is 3.21. The van der Waals surface area contributed by atoms with Gasteiger partial charge in [0.25, 0.3) is 0 Å². The molecule has 21 heavy (non-hydrogen) atoms. The quantitative estimate of drug-likeness (QED) is 0.861. The molecule has 4 nitrogen and oxygen atoms in total. The fourth-order valence-corrected chi connectivity index (χ4v) is 2.02. The molecule has 0 saturated heterocycles. The monoisotopic (exact) mass is 304 g/mol. The van der Waals surface area contributed by atoms with E-state index in [2.05, 4.69) is 22.0 Å². The maximum atomic E-state index is 11.3. The first-order chi connectivity index (χ1) is 10.1. The number of pyridine rings is 1. The van der Waals surface area contributed by atoms with E-state index in [-0.39, 0.29) is 12.0 Å². The number of nitrogens with zero attached hydrogens (tertiary/aromatic N) is 1. The molecule has 0 fully saturated rings. The highest BCUT2D eigenvalue weighted by atomic mass is 35.5. The lowest BCUT2D eigenvalue weighted by Gasteiger charge is -2.14. The van der Waals surface area contributed by atoms with Crippen molar-refractivity contribution in [2.45, 2.75) is 19.5 Å². The summed E-state index contributed by atoms with van der Waals surface area (Å²) in [6.07, 6.45) is 1.52. The van der Waals surface area contributed by atoms with Crippen LogP contribution in [0.15, 0.2) is 42.6 Å². The van der Waals surface area contributed by atoms with Gasteiger partial charge in [-0.2, -0.15) is 0 Å². The third-order valence-corrected chi connectivity index (χ3v) is 3.46. The van der Waals surface area contributed by atoms with Crippen molar-refractivity contribution in [3.63, 3.8) is 0 Å². The standard InChI is InChI=1S/C16H17ClN2O2/c1-11(12-3-6-14(17)7-4-12)18-10-15-8-5-13(9-19-15)16(20)21-2/h3-9,11,18H,10H2,1-2H3/t11-/m0/s1. The van der Waals surface area contributed by atoms with E-state index >= 15 is 0 Å². The summed E-state index contributed by atoms with van der Waals surface area (Å²) in [5.41, 5.74) is 2.47. The molecule has 0 bridgehead atoms. The number of carbonyl (C=O) groups is 1. The van der Waals surface area contributed by atoms with E-state index in [1.54, 1.807) is 6.07 Å². The summed E-state index contributed by atoms with van der Waals surface area (Å²) in [5.74, 6) is -0.378. The van der Waals surface area contributed by atoms with Gasteiger partial charge in [0, 0.05) is 23.8 Å². The summed E-state index contributed by atoms with van der Waals surface area (Å²) in [7, 11) is 1.35. The zero-order valence-electron chi connectivity index (χ0n) is 12.0. The van der Waals surface area contributed by atoms with Crippen molar-refractivity contribution in [1.29, 1.82) is 0 Å². The van der Waals surface area contributed by atoms with Crippen LogP contribution >= 0.6 is 11.6 Å². The summed E-state index contributed by atoms with van der Waals surface area (Å²) >= 11 is 5.87. The number of ether oxygens (including phenoxy) is 1. The molecule has 0 unspecified atom stereocenters. The van der Waals surface area contributed by atoms with Crippen molar-refractivity contribution in [2.24, 2.45) is 0 Å². The van der Waals surface area contributed by atoms with Gasteiger partial charge in [-0.3, -0.25) is 4.98 Å². The van der Waals surface area contributed by atoms with Gasteiger partial charge in [-0.1, -0.05) is 23.7 Å². The van der Waals surface area contributed by atoms with Crippen LogP contribution in [0.3, 0.4) is 0 Å². The van der Waals surface area contributed by atoms with Crippen LogP contribution in [-0.4, -0.2) is 18.1 Å². The van der Waals surface area contributed by atoms with Crippen molar-refractivity contribution in [2.75, 3.05) is 7.11 Å². The van der Waals surface area contributed by atoms with Gasteiger partial charge in [-0.15, -0.1) is 0 Å². The first-order valence-electron chi connectivity index (χ1n) is 6.62. The normalized spacial score (nSPS) is 12.0. The molecule has 1 aromatic carbocycles. The van der Waals surface area contributed by atoms with Gasteiger partial charge in [-0.25, -0.2) is 4.79 Å². The van der Waals surface area contributed by atoms with Gasteiger partial charge in [0.05, 0.1) is 18.4 Å². The van der Waals surface area contributed by atoms with Crippen molar-refractivity contribution in [3.05, 3.63) is 64.4 Å². The Labute approximate surface area is 129 Å². The summed E-state index contributed by atoms with van der Waals surface area (Å²) < 4.78 is 4.64. The zero-order valence-corrected chi connectivity index (χ0v) is 12.7. The van der Waals surface area contributed by atoms with E-state index in [4.69, 9.17) is 11.6 Å². The van der Waals surface area contributed by atoms with Crippen LogP contribution in [0.4, 0.5) is 0 Å². The molecule has 1 N–H and O–H groups in total. The first kappa shape index (κ1) is 15.5. The summed E-state index contributed by atoms with van der Waals surface area (Å²) in [5, 5.41) is 4.10. The molecule has 2 rings (SSSR count). The van der Waals surface area contributed by atoms with Crippen LogP contribution in [-0.2, 0) is 11.3 Å². The van der Waals surface area contributed by atoms with E-state index in [1.165, 1.54) is 13.3 Å². The molecule has 0 radical (unpaired) electrons. The number of aromatic nitrogens is 1. The van der Waals surface area contributed by atoms with Crippen molar-refractivity contribution < 1.29 is 9.53 Å². The SMILES string of the molecule is COC(=O)c1ccc(CN[C@@H](C)c2ccc(Cl)cc2)nc1. The van der Waals surface area contributed by atoms with Gasteiger partial charge in [-0.05, 0) is 36.8 Å². The Balaban J connectivity index is 1.93. The molecule has 0 spiro atoms. The Morgan fingerprint density at radius 1 is 1.29 bits per heavy atom. The molecule has 1 atom stereocenters. The lowest BCUT2D eigenvalue weighted by Crippen LogP contribution is -2.18. The minimum Gasteiger partial charge on any atom is -0.465 e. The van der Waals surface area contributed by atoms with Crippen LogP contribution < -0.4 is 5.32 Å². The van der Waals surface area contributed by atoms with Crippen molar-refractivity contribution in [3.8, 4) is 0 Å². The molecular weight excluding hydrogens is 288 g/mol. The minimum absolute atomic E-state index is 0.185. The highest BCUT2D eigenvalue weighted by Crippen LogP contribution is 2.16. The number of hydrogen-bond acceptors (Lipinski definition) is 4. The second-order valence-electron chi connectivity index (χ2n) is 4.68. The van der Waals surface area contributed by atoms with Crippen LogP contribution in [0.1, 0.15) is 34.6 Å². The minimum atomic E-state index is -0.378. The molecule has 1 heterocycles. The second-order valence-corrected chi connectivity index (χ2v) is 5.12. The Morgan fingerprint density at radius 2 is 2.00 bits per heavy atom. The Hall–Kier alpha value is -1.91. The predicted molar refractivity (Wildman–Crippen MR) is 82.3 cm³/mol. The third kappa shape index (κ3) is 4.28. The summed E-state index contributed by atoms with van der Waals surface area (Å²) in [6.45, 7) is 2.69. The predicted octanol–water partition coefficient (Wildman–Crippen LogP) is 3.37. The van der Waals surface area contributed by atoms with E-state index < -0.39 is 0 Å². The average Bonchev–Trinajstić information content (AvgIpc) is 2.53. The highest BCUT2D eigenvalue weighted by Gasteiger charge is 2.07. The van der Waals surface area contributed by atoms with Crippen LogP contribution in [0.2, 0.25) is 5.02 Å². The number of nitrogens with one attached hydrogen (secondary N) is 1.